The van der Waals surface area contributed by atoms with Gasteiger partial charge in [-0.2, -0.15) is 0 Å². The van der Waals surface area contributed by atoms with Crippen LogP contribution >= 0.6 is 11.3 Å². The molecular weight excluding hydrogens is 282 g/mol. The van der Waals surface area contributed by atoms with Gasteiger partial charge >= 0.3 is 0 Å². The third kappa shape index (κ3) is 3.09. The molecule has 3 rings (SSSR count). The van der Waals surface area contributed by atoms with E-state index in [4.69, 9.17) is 4.98 Å². The first kappa shape index (κ1) is 14.5. The number of aromatic nitrogens is 2. The largest absolute Gasteiger partial charge is 0.387 e. The second-order valence-corrected chi connectivity index (χ2v) is 7.55. The van der Waals surface area contributed by atoms with Crippen molar-refractivity contribution in [1.29, 1.82) is 0 Å². The van der Waals surface area contributed by atoms with Crippen LogP contribution in [0.4, 0.5) is 5.13 Å². The summed E-state index contributed by atoms with van der Waals surface area (Å²) in [5.74, 6) is 0. The van der Waals surface area contributed by atoms with Crippen molar-refractivity contribution in [1.82, 2.24) is 9.97 Å². The number of hydrogen-bond acceptors (Lipinski definition) is 5. The van der Waals surface area contributed by atoms with Crippen molar-refractivity contribution in [3.8, 4) is 0 Å². The monoisotopic (exact) mass is 303 g/mol. The average Bonchev–Trinajstić information content (AvgIpc) is 2.82. The normalized spacial score (nSPS) is 20.1. The number of fused-ring (bicyclic) bond motifs is 1. The molecule has 1 atom stereocenters. The molecule has 0 saturated heterocycles. The van der Waals surface area contributed by atoms with Gasteiger partial charge in [0, 0.05) is 13.2 Å². The lowest BCUT2D eigenvalue weighted by Gasteiger charge is -2.31. The summed E-state index contributed by atoms with van der Waals surface area (Å²) < 4.78 is 0. The van der Waals surface area contributed by atoms with Gasteiger partial charge in [-0.25, -0.2) is 4.98 Å². The number of anilines is 1. The Kier molecular flexibility index (Phi) is 3.71. The standard InChI is InChI=1S/C16H21N3OS/c1-16(2)8-12-14(13(20)9-16)21-15(18-12)19(3)10-11-6-4-5-7-17-11/h4-7,13,20H,8-10H2,1-3H3. The number of aliphatic hydroxyl groups excluding tert-OH is 1. The molecule has 112 valence electrons. The van der Waals surface area contributed by atoms with Crippen molar-refractivity contribution in [3.05, 3.63) is 40.7 Å². The van der Waals surface area contributed by atoms with Crippen LogP contribution in [0, 0.1) is 5.41 Å². The molecule has 0 fully saturated rings. The zero-order valence-corrected chi connectivity index (χ0v) is 13.5. The summed E-state index contributed by atoms with van der Waals surface area (Å²) in [6.45, 7) is 5.11. The van der Waals surface area contributed by atoms with E-state index in [2.05, 4.69) is 23.7 Å². The summed E-state index contributed by atoms with van der Waals surface area (Å²) in [4.78, 5) is 12.2. The van der Waals surface area contributed by atoms with Crippen LogP contribution < -0.4 is 4.90 Å². The maximum absolute atomic E-state index is 10.3. The fraction of sp³-hybridized carbons (Fsp3) is 0.500. The molecule has 2 heterocycles. The molecule has 0 saturated carbocycles. The molecule has 0 bridgehead atoms. The van der Waals surface area contributed by atoms with E-state index in [-0.39, 0.29) is 11.5 Å². The van der Waals surface area contributed by atoms with E-state index in [9.17, 15) is 5.11 Å². The first-order chi connectivity index (χ1) is 9.94. The average molecular weight is 303 g/mol. The van der Waals surface area contributed by atoms with Gasteiger partial charge < -0.3 is 10.0 Å². The van der Waals surface area contributed by atoms with Crippen LogP contribution in [-0.2, 0) is 13.0 Å². The molecule has 1 aliphatic carbocycles. The Hall–Kier alpha value is -1.46. The zero-order valence-electron chi connectivity index (χ0n) is 12.7. The Labute approximate surface area is 129 Å². The molecule has 1 aliphatic rings. The Morgan fingerprint density at radius 3 is 2.95 bits per heavy atom. The van der Waals surface area contributed by atoms with Crippen molar-refractivity contribution in [2.45, 2.75) is 39.3 Å². The molecular formula is C16H21N3OS. The summed E-state index contributed by atoms with van der Waals surface area (Å²) in [6, 6.07) is 5.93. The lowest BCUT2D eigenvalue weighted by Crippen LogP contribution is -2.24. The first-order valence-corrected chi connectivity index (χ1v) is 8.05. The smallest absolute Gasteiger partial charge is 0.185 e. The number of pyridine rings is 1. The van der Waals surface area contributed by atoms with Crippen LogP contribution in [0.15, 0.2) is 24.4 Å². The van der Waals surface area contributed by atoms with Crippen LogP contribution in [-0.4, -0.2) is 22.1 Å². The van der Waals surface area contributed by atoms with Crippen LogP contribution in [0.3, 0.4) is 0 Å². The second-order valence-electron chi connectivity index (χ2n) is 6.55. The predicted octanol–water partition coefficient (Wildman–Crippen LogP) is 3.18. The van der Waals surface area contributed by atoms with Gasteiger partial charge in [-0.05, 0) is 30.4 Å². The Balaban J connectivity index is 1.81. The second kappa shape index (κ2) is 5.39. The summed E-state index contributed by atoms with van der Waals surface area (Å²) in [5, 5.41) is 11.3. The Bertz CT molecular complexity index is 624. The fourth-order valence-corrected chi connectivity index (χ4v) is 3.87. The summed E-state index contributed by atoms with van der Waals surface area (Å²) >= 11 is 1.61. The van der Waals surface area contributed by atoms with E-state index < -0.39 is 0 Å². The zero-order chi connectivity index (χ0) is 15.0. The van der Waals surface area contributed by atoms with Crippen molar-refractivity contribution < 1.29 is 5.11 Å². The highest BCUT2D eigenvalue weighted by Crippen LogP contribution is 2.44. The third-order valence-electron chi connectivity index (χ3n) is 3.86. The van der Waals surface area contributed by atoms with Crippen LogP contribution in [0.1, 0.15) is 42.6 Å². The lowest BCUT2D eigenvalue weighted by molar-refractivity contribution is 0.102. The predicted molar refractivity (Wildman–Crippen MR) is 85.5 cm³/mol. The van der Waals surface area contributed by atoms with E-state index in [1.54, 1.807) is 11.3 Å². The van der Waals surface area contributed by atoms with Gasteiger partial charge in [0.05, 0.1) is 28.9 Å². The van der Waals surface area contributed by atoms with E-state index in [1.807, 2.05) is 31.4 Å². The van der Waals surface area contributed by atoms with Crippen molar-refractivity contribution in [3.63, 3.8) is 0 Å². The number of rotatable bonds is 3. The molecule has 21 heavy (non-hydrogen) atoms. The maximum Gasteiger partial charge on any atom is 0.185 e. The lowest BCUT2D eigenvalue weighted by atomic mass is 9.77. The van der Waals surface area contributed by atoms with Crippen molar-refractivity contribution >= 4 is 16.5 Å². The van der Waals surface area contributed by atoms with E-state index in [0.29, 0.717) is 0 Å². The summed E-state index contributed by atoms with van der Waals surface area (Å²) in [6.07, 6.45) is 3.18. The van der Waals surface area contributed by atoms with Crippen LogP contribution in [0.2, 0.25) is 0 Å². The molecule has 2 aromatic heterocycles. The number of hydrogen-bond donors (Lipinski definition) is 1. The molecule has 4 nitrogen and oxygen atoms in total. The SMILES string of the molecule is CN(Cc1ccccn1)c1nc2c(s1)C(O)CC(C)(C)C2. The number of aliphatic hydroxyl groups is 1. The molecule has 0 aliphatic heterocycles. The molecule has 0 amide bonds. The topological polar surface area (TPSA) is 49.2 Å². The van der Waals surface area contributed by atoms with Crippen LogP contribution in [0.5, 0.6) is 0 Å². The molecule has 0 spiro atoms. The van der Waals surface area contributed by atoms with E-state index >= 15 is 0 Å². The molecule has 5 heteroatoms. The van der Waals surface area contributed by atoms with Gasteiger partial charge in [0.25, 0.3) is 0 Å². The number of thiazole rings is 1. The Morgan fingerprint density at radius 2 is 2.24 bits per heavy atom. The summed E-state index contributed by atoms with van der Waals surface area (Å²) in [5.41, 5.74) is 2.21. The quantitative estimate of drug-likeness (QED) is 0.946. The van der Waals surface area contributed by atoms with Gasteiger partial charge in [0.15, 0.2) is 5.13 Å². The van der Waals surface area contributed by atoms with Crippen molar-refractivity contribution in [2.75, 3.05) is 11.9 Å². The van der Waals surface area contributed by atoms with Gasteiger partial charge in [-0.1, -0.05) is 31.3 Å². The minimum Gasteiger partial charge on any atom is -0.387 e. The van der Waals surface area contributed by atoms with E-state index in [0.717, 1.165) is 40.8 Å². The molecule has 0 aromatic carbocycles. The molecule has 1 unspecified atom stereocenters. The number of nitrogens with zero attached hydrogens (tertiary/aromatic N) is 3. The minimum absolute atomic E-state index is 0.122. The van der Waals surface area contributed by atoms with Crippen molar-refractivity contribution in [2.24, 2.45) is 5.41 Å². The Morgan fingerprint density at radius 1 is 1.43 bits per heavy atom. The van der Waals surface area contributed by atoms with Gasteiger partial charge in [0.1, 0.15) is 0 Å². The third-order valence-corrected chi connectivity index (χ3v) is 5.18. The van der Waals surface area contributed by atoms with E-state index in [1.165, 1.54) is 0 Å². The van der Waals surface area contributed by atoms with Gasteiger partial charge in [0.2, 0.25) is 0 Å². The maximum atomic E-state index is 10.3. The first-order valence-electron chi connectivity index (χ1n) is 7.23. The molecule has 1 N–H and O–H groups in total. The summed E-state index contributed by atoms with van der Waals surface area (Å²) in [7, 11) is 2.02. The minimum atomic E-state index is -0.377. The fourth-order valence-electron chi connectivity index (χ4n) is 2.84. The molecule has 0 radical (unpaired) electrons. The molecule has 2 aromatic rings. The highest BCUT2D eigenvalue weighted by Gasteiger charge is 2.34. The van der Waals surface area contributed by atoms with Gasteiger partial charge in [-0.3, -0.25) is 4.98 Å². The highest BCUT2D eigenvalue weighted by atomic mass is 32.1. The highest BCUT2D eigenvalue weighted by molar-refractivity contribution is 7.15. The van der Waals surface area contributed by atoms with Crippen LogP contribution in [0.25, 0.3) is 0 Å². The van der Waals surface area contributed by atoms with Gasteiger partial charge in [-0.15, -0.1) is 0 Å².